The van der Waals surface area contributed by atoms with Gasteiger partial charge >= 0.3 is 0 Å². The molecule has 0 saturated heterocycles. The van der Waals surface area contributed by atoms with E-state index in [4.69, 9.17) is 10.00 Å². The minimum Gasteiger partial charge on any atom is -0.376 e. The molecule has 1 aliphatic rings. The number of nitrogens with zero attached hydrogens (tertiary/aromatic N) is 1. The topological polar surface area (TPSA) is 45.0 Å². The van der Waals surface area contributed by atoms with Gasteiger partial charge < -0.3 is 4.74 Å². The van der Waals surface area contributed by atoms with Crippen LogP contribution in [-0.2, 0) is 4.74 Å². The molecule has 0 aromatic heterocycles. The standard InChI is InChI=1S/C12H22N2O/c1-11(2,3)15-8-7-12(4,9-13)14-10-5-6-10/h10,14H,5-8H2,1-4H3. The van der Waals surface area contributed by atoms with Crippen molar-refractivity contribution in [3.63, 3.8) is 0 Å². The average Bonchev–Trinajstić information content (AvgIpc) is 2.86. The van der Waals surface area contributed by atoms with Gasteiger partial charge in [-0.25, -0.2) is 0 Å². The summed E-state index contributed by atoms with van der Waals surface area (Å²) in [6.45, 7) is 8.69. The molecule has 0 bridgehead atoms. The molecule has 15 heavy (non-hydrogen) atoms. The molecule has 86 valence electrons. The van der Waals surface area contributed by atoms with E-state index < -0.39 is 5.54 Å². The Morgan fingerprint density at radius 3 is 2.33 bits per heavy atom. The maximum absolute atomic E-state index is 9.12. The molecule has 1 aliphatic carbocycles. The van der Waals surface area contributed by atoms with Crippen LogP contribution in [0.25, 0.3) is 0 Å². The van der Waals surface area contributed by atoms with Gasteiger partial charge in [0.1, 0.15) is 5.54 Å². The Morgan fingerprint density at radius 1 is 1.33 bits per heavy atom. The van der Waals surface area contributed by atoms with Crippen molar-refractivity contribution in [3.05, 3.63) is 0 Å². The van der Waals surface area contributed by atoms with Gasteiger partial charge in [-0.05, 0) is 40.5 Å². The van der Waals surface area contributed by atoms with Crippen LogP contribution in [-0.4, -0.2) is 23.8 Å². The molecule has 0 aliphatic heterocycles. The lowest BCUT2D eigenvalue weighted by Crippen LogP contribution is -2.43. The van der Waals surface area contributed by atoms with Gasteiger partial charge in [0, 0.05) is 12.5 Å². The summed E-state index contributed by atoms with van der Waals surface area (Å²) in [6, 6.07) is 2.90. The Kier molecular flexibility index (Phi) is 3.75. The molecule has 0 aromatic rings. The van der Waals surface area contributed by atoms with E-state index >= 15 is 0 Å². The highest BCUT2D eigenvalue weighted by Gasteiger charge is 2.32. The van der Waals surface area contributed by atoms with Gasteiger partial charge in [0.15, 0.2) is 0 Å². The van der Waals surface area contributed by atoms with E-state index in [0.717, 1.165) is 6.42 Å². The van der Waals surface area contributed by atoms with Crippen molar-refractivity contribution in [2.75, 3.05) is 6.61 Å². The van der Waals surface area contributed by atoms with Crippen molar-refractivity contribution in [2.45, 2.75) is 64.1 Å². The first-order valence-corrected chi connectivity index (χ1v) is 5.68. The van der Waals surface area contributed by atoms with Crippen LogP contribution in [0.2, 0.25) is 0 Å². The molecular weight excluding hydrogens is 188 g/mol. The van der Waals surface area contributed by atoms with Crippen molar-refractivity contribution < 1.29 is 4.74 Å². The molecule has 0 aromatic carbocycles. The molecule has 0 spiro atoms. The van der Waals surface area contributed by atoms with Crippen LogP contribution in [0.15, 0.2) is 0 Å². The third kappa shape index (κ3) is 5.15. The van der Waals surface area contributed by atoms with E-state index in [9.17, 15) is 0 Å². The van der Waals surface area contributed by atoms with E-state index in [0.29, 0.717) is 12.6 Å². The molecule has 1 unspecified atom stereocenters. The Labute approximate surface area is 92.8 Å². The first-order valence-electron chi connectivity index (χ1n) is 5.68. The second-order valence-corrected chi connectivity index (χ2v) is 5.57. The molecule has 0 radical (unpaired) electrons. The summed E-state index contributed by atoms with van der Waals surface area (Å²) in [5, 5.41) is 12.5. The summed E-state index contributed by atoms with van der Waals surface area (Å²) < 4.78 is 5.64. The third-order valence-corrected chi connectivity index (χ3v) is 2.48. The second kappa shape index (κ2) is 4.51. The Hall–Kier alpha value is -0.590. The Balaban J connectivity index is 2.29. The van der Waals surface area contributed by atoms with Gasteiger partial charge in [0.05, 0.1) is 18.3 Å². The van der Waals surface area contributed by atoms with Crippen LogP contribution in [0.1, 0.15) is 47.0 Å². The SMILES string of the molecule is CC(C#N)(CCOC(C)(C)C)NC1CC1. The van der Waals surface area contributed by atoms with Gasteiger partial charge in [0.2, 0.25) is 0 Å². The minimum absolute atomic E-state index is 0.115. The van der Waals surface area contributed by atoms with Crippen LogP contribution in [0, 0.1) is 11.3 Å². The highest BCUT2D eigenvalue weighted by molar-refractivity contribution is 5.07. The molecule has 0 amide bonds. The molecular formula is C12H22N2O. The molecule has 1 N–H and O–H groups in total. The van der Waals surface area contributed by atoms with Gasteiger partial charge in [-0.3, -0.25) is 5.32 Å². The smallest absolute Gasteiger partial charge is 0.106 e. The summed E-state index contributed by atoms with van der Waals surface area (Å²) in [6.07, 6.45) is 3.16. The van der Waals surface area contributed by atoms with E-state index in [2.05, 4.69) is 11.4 Å². The van der Waals surface area contributed by atoms with Gasteiger partial charge in [-0.2, -0.15) is 5.26 Å². The summed E-state index contributed by atoms with van der Waals surface area (Å²) in [5.74, 6) is 0. The molecule has 1 fully saturated rings. The number of rotatable bonds is 5. The van der Waals surface area contributed by atoms with E-state index in [-0.39, 0.29) is 5.60 Å². The van der Waals surface area contributed by atoms with Crippen molar-refractivity contribution in [1.82, 2.24) is 5.32 Å². The third-order valence-electron chi connectivity index (χ3n) is 2.48. The fraction of sp³-hybridized carbons (Fsp3) is 0.917. The zero-order valence-electron chi connectivity index (χ0n) is 10.3. The second-order valence-electron chi connectivity index (χ2n) is 5.57. The van der Waals surface area contributed by atoms with Gasteiger partial charge in [-0.15, -0.1) is 0 Å². The van der Waals surface area contributed by atoms with E-state index in [1.54, 1.807) is 0 Å². The normalized spacial score (nSPS) is 20.7. The Morgan fingerprint density at radius 2 is 1.93 bits per heavy atom. The zero-order chi connectivity index (χ0) is 11.5. The molecule has 1 atom stereocenters. The monoisotopic (exact) mass is 210 g/mol. The van der Waals surface area contributed by atoms with Crippen LogP contribution in [0.3, 0.4) is 0 Å². The largest absolute Gasteiger partial charge is 0.376 e. The maximum atomic E-state index is 9.12. The summed E-state index contributed by atoms with van der Waals surface area (Å²) in [7, 11) is 0. The van der Waals surface area contributed by atoms with Crippen LogP contribution in [0.4, 0.5) is 0 Å². The minimum atomic E-state index is -0.424. The first-order chi connectivity index (χ1) is 6.85. The van der Waals surface area contributed by atoms with Crippen LogP contribution in [0.5, 0.6) is 0 Å². The van der Waals surface area contributed by atoms with Crippen molar-refractivity contribution in [1.29, 1.82) is 5.26 Å². The van der Waals surface area contributed by atoms with Gasteiger partial charge in [0.25, 0.3) is 0 Å². The lowest BCUT2D eigenvalue weighted by Gasteiger charge is -2.26. The Bertz CT molecular complexity index is 247. The average molecular weight is 210 g/mol. The fourth-order valence-electron chi connectivity index (χ4n) is 1.40. The molecule has 3 nitrogen and oxygen atoms in total. The number of hydrogen-bond donors (Lipinski definition) is 1. The predicted octanol–water partition coefficient (Wildman–Crippen LogP) is 2.23. The number of nitriles is 1. The van der Waals surface area contributed by atoms with E-state index in [1.165, 1.54) is 12.8 Å². The maximum Gasteiger partial charge on any atom is 0.106 e. The quantitative estimate of drug-likeness (QED) is 0.756. The van der Waals surface area contributed by atoms with Crippen LogP contribution >= 0.6 is 0 Å². The fourth-order valence-corrected chi connectivity index (χ4v) is 1.40. The highest BCUT2D eigenvalue weighted by atomic mass is 16.5. The van der Waals surface area contributed by atoms with Crippen LogP contribution < -0.4 is 5.32 Å². The van der Waals surface area contributed by atoms with E-state index in [1.807, 2.05) is 27.7 Å². The summed E-state index contributed by atoms with van der Waals surface area (Å²) in [4.78, 5) is 0. The molecule has 3 heteroatoms. The van der Waals surface area contributed by atoms with Crippen molar-refractivity contribution in [3.8, 4) is 6.07 Å². The summed E-state index contributed by atoms with van der Waals surface area (Å²) >= 11 is 0. The summed E-state index contributed by atoms with van der Waals surface area (Å²) in [5.41, 5.74) is -0.539. The van der Waals surface area contributed by atoms with Gasteiger partial charge in [-0.1, -0.05) is 0 Å². The number of hydrogen-bond acceptors (Lipinski definition) is 3. The van der Waals surface area contributed by atoms with Crippen molar-refractivity contribution >= 4 is 0 Å². The first kappa shape index (κ1) is 12.5. The molecule has 1 saturated carbocycles. The predicted molar refractivity (Wildman–Crippen MR) is 60.5 cm³/mol. The lowest BCUT2D eigenvalue weighted by atomic mass is 10.00. The number of nitrogens with one attached hydrogen (secondary N) is 1. The number of ether oxygens (including phenoxy) is 1. The molecule has 1 rings (SSSR count). The highest BCUT2D eigenvalue weighted by Crippen LogP contribution is 2.24. The lowest BCUT2D eigenvalue weighted by molar-refractivity contribution is -0.00958. The van der Waals surface area contributed by atoms with Crippen molar-refractivity contribution in [2.24, 2.45) is 0 Å². The zero-order valence-corrected chi connectivity index (χ0v) is 10.3. The molecule has 0 heterocycles.